The van der Waals surface area contributed by atoms with Gasteiger partial charge in [0.15, 0.2) is 11.5 Å². The van der Waals surface area contributed by atoms with Crippen molar-refractivity contribution in [2.75, 3.05) is 19.5 Å². The maximum atomic E-state index is 12.5. The number of aryl methyl sites for hydroxylation is 1. The van der Waals surface area contributed by atoms with Crippen molar-refractivity contribution in [2.45, 2.75) is 32.3 Å². The molecule has 0 fully saturated rings. The number of thiophene rings is 1. The van der Waals surface area contributed by atoms with Crippen LogP contribution in [0.4, 0.5) is 5.00 Å². The monoisotopic (exact) mass is 589 g/mol. The van der Waals surface area contributed by atoms with E-state index in [-0.39, 0.29) is 6.61 Å². The van der Waals surface area contributed by atoms with Crippen molar-refractivity contribution in [2.24, 2.45) is 5.10 Å². The van der Waals surface area contributed by atoms with Crippen LogP contribution >= 0.6 is 34.5 Å². The lowest BCUT2D eigenvalue weighted by molar-refractivity contribution is -0.136. The van der Waals surface area contributed by atoms with Crippen molar-refractivity contribution in [3.05, 3.63) is 73.6 Å². The molecule has 0 bridgehead atoms. The van der Waals surface area contributed by atoms with E-state index in [1.54, 1.807) is 36.4 Å². The molecule has 4 rings (SSSR count). The molecule has 2 aromatic carbocycles. The normalized spacial score (nSPS) is 12.5. The number of esters is 1. The fraction of sp³-hybridized carbons (Fsp3) is 0.259. The molecular weight excluding hydrogens is 565 g/mol. The molecule has 0 saturated carbocycles. The summed E-state index contributed by atoms with van der Waals surface area (Å²) in [6, 6.07) is 10.2. The molecule has 0 radical (unpaired) electrons. The Morgan fingerprint density at radius 2 is 1.82 bits per heavy atom. The summed E-state index contributed by atoms with van der Waals surface area (Å²) in [6.07, 6.45) is 4.86. The summed E-state index contributed by atoms with van der Waals surface area (Å²) >= 11 is 13.4. The standard InChI is InChI=1S/C27H25Cl2N3O6S/c1-36-21-11-15(7-10-20(21)38-14-16-8-9-17(28)12-19(16)29)13-30-32-25(34)24(33)31-26-23(27(35)37-2)18-5-3-4-6-22(18)39-26/h7-13H,3-6,14H2,1-2H3,(H,31,33)(H,32,34)/b30-13+. The molecule has 1 aliphatic rings. The van der Waals surface area contributed by atoms with Gasteiger partial charge in [-0.1, -0.05) is 29.3 Å². The summed E-state index contributed by atoms with van der Waals surface area (Å²) < 4.78 is 16.1. The number of methoxy groups -OCH3 is 2. The van der Waals surface area contributed by atoms with E-state index >= 15 is 0 Å². The Balaban J connectivity index is 1.37. The van der Waals surface area contributed by atoms with Gasteiger partial charge >= 0.3 is 17.8 Å². The Morgan fingerprint density at radius 3 is 2.56 bits per heavy atom. The minimum atomic E-state index is -0.986. The number of anilines is 1. The number of carbonyl (C=O) groups excluding carboxylic acids is 3. The predicted molar refractivity (Wildman–Crippen MR) is 150 cm³/mol. The van der Waals surface area contributed by atoms with Gasteiger partial charge in [0.05, 0.1) is 26.0 Å². The third-order valence-corrected chi connectivity index (χ3v) is 7.75. The quantitative estimate of drug-likeness (QED) is 0.157. The van der Waals surface area contributed by atoms with Crippen LogP contribution in [0.2, 0.25) is 10.0 Å². The number of hydrogen-bond acceptors (Lipinski definition) is 8. The largest absolute Gasteiger partial charge is 0.493 e. The second-order valence-electron chi connectivity index (χ2n) is 8.49. The number of benzene rings is 2. The summed E-state index contributed by atoms with van der Waals surface area (Å²) in [4.78, 5) is 38.2. The van der Waals surface area contributed by atoms with Crippen molar-refractivity contribution < 1.29 is 28.6 Å². The second-order valence-corrected chi connectivity index (χ2v) is 10.4. The van der Waals surface area contributed by atoms with E-state index in [1.807, 2.05) is 0 Å². The molecule has 9 nitrogen and oxygen atoms in total. The molecule has 0 atom stereocenters. The van der Waals surface area contributed by atoms with Crippen molar-refractivity contribution in [3.8, 4) is 11.5 Å². The van der Waals surface area contributed by atoms with E-state index in [0.717, 1.165) is 41.7 Å². The first-order chi connectivity index (χ1) is 18.8. The highest BCUT2D eigenvalue weighted by molar-refractivity contribution is 7.17. The van der Waals surface area contributed by atoms with Gasteiger partial charge in [-0.25, -0.2) is 10.2 Å². The summed E-state index contributed by atoms with van der Waals surface area (Å²) in [5.74, 6) is -1.56. The summed E-state index contributed by atoms with van der Waals surface area (Å²) in [6.45, 7) is 0.204. The van der Waals surface area contributed by atoms with E-state index in [1.165, 1.54) is 31.8 Å². The number of halogens is 2. The Bertz CT molecular complexity index is 1440. The molecule has 204 valence electrons. The van der Waals surface area contributed by atoms with Crippen LogP contribution in [0, 0.1) is 0 Å². The lowest BCUT2D eigenvalue weighted by Crippen LogP contribution is -2.32. The third kappa shape index (κ3) is 6.89. The van der Waals surface area contributed by atoms with Gasteiger partial charge in [0.25, 0.3) is 0 Å². The van der Waals surface area contributed by atoms with Gasteiger partial charge < -0.3 is 19.5 Å². The third-order valence-electron chi connectivity index (χ3n) is 5.96. The van der Waals surface area contributed by atoms with E-state index in [0.29, 0.717) is 37.7 Å². The SMILES string of the molecule is COC(=O)c1c(NC(=O)C(=O)N/N=C/c2ccc(OCc3ccc(Cl)cc3Cl)c(OC)c2)sc2c1CCCC2. The fourth-order valence-electron chi connectivity index (χ4n) is 4.03. The zero-order valence-corrected chi connectivity index (χ0v) is 23.5. The average Bonchev–Trinajstić information content (AvgIpc) is 3.30. The zero-order valence-electron chi connectivity index (χ0n) is 21.1. The molecule has 1 heterocycles. The van der Waals surface area contributed by atoms with E-state index in [2.05, 4.69) is 15.8 Å². The Hall–Kier alpha value is -3.60. The van der Waals surface area contributed by atoms with Gasteiger partial charge in [0, 0.05) is 20.5 Å². The van der Waals surface area contributed by atoms with Gasteiger partial charge in [-0.2, -0.15) is 5.10 Å². The number of nitrogens with zero attached hydrogens (tertiary/aromatic N) is 1. The zero-order chi connectivity index (χ0) is 27.9. The predicted octanol–water partition coefficient (Wildman–Crippen LogP) is 5.40. The Labute approximate surface area is 239 Å². The van der Waals surface area contributed by atoms with Crippen LogP contribution in [0.5, 0.6) is 11.5 Å². The van der Waals surface area contributed by atoms with Gasteiger partial charge in [-0.05, 0) is 67.1 Å². The number of fused-ring (bicyclic) bond motifs is 1. The number of nitrogens with one attached hydrogen (secondary N) is 2. The molecule has 2 amide bonds. The highest BCUT2D eigenvalue weighted by Gasteiger charge is 2.28. The molecule has 0 aliphatic heterocycles. The van der Waals surface area contributed by atoms with Crippen LogP contribution in [-0.4, -0.2) is 38.2 Å². The lowest BCUT2D eigenvalue weighted by atomic mass is 9.95. The van der Waals surface area contributed by atoms with Crippen LogP contribution in [0.3, 0.4) is 0 Å². The summed E-state index contributed by atoms with van der Waals surface area (Å²) in [5, 5.41) is 7.72. The summed E-state index contributed by atoms with van der Waals surface area (Å²) in [5.41, 5.74) is 4.73. The van der Waals surface area contributed by atoms with E-state index < -0.39 is 17.8 Å². The number of hydrazone groups is 1. The number of ether oxygens (including phenoxy) is 3. The number of carbonyl (C=O) groups is 3. The second kappa shape index (κ2) is 13.0. The molecule has 0 saturated heterocycles. The molecule has 2 N–H and O–H groups in total. The molecule has 39 heavy (non-hydrogen) atoms. The first kappa shape index (κ1) is 28.4. The fourth-order valence-corrected chi connectivity index (χ4v) is 5.76. The maximum absolute atomic E-state index is 12.5. The van der Waals surface area contributed by atoms with Crippen LogP contribution in [0.1, 0.15) is 44.8 Å². The van der Waals surface area contributed by atoms with Crippen molar-refractivity contribution in [1.82, 2.24) is 5.43 Å². The average molecular weight is 590 g/mol. The van der Waals surface area contributed by atoms with Crippen LogP contribution in [-0.2, 0) is 33.8 Å². The molecule has 3 aromatic rings. The van der Waals surface area contributed by atoms with Gasteiger partial charge in [0.1, 0.15) is 11.6 Å². The number of amides is 2. The van der Waals surface area contributed by atoms with Crippen LogP contribution in [0.25, 0.3) is 0 Å². The van der Waals surface area contributed by atoms with Crippen molar-refractivity contribution in [1.29, 1.82) is 0 Å². The molecular formula is C27H25Cl2N3O6S. The molecule has 0 spiro atoms. The van der Waals surface area contributed by atoms with Gasteiger partial charge in [-0.15, -0.1) is 11.3 Å². The van der Waals surface area contributed by atoms with E-state index in [4.69, 9.17) is 37.4 Å². The molecule has 12 heteroatoms. The topological polar surface area (TPSA) is 115 Å². The van der Waals surface area contributed by atoms with Crippen LogP contribution in [0.15, 0.2) is 41.5 Å². The molecule has 1 aromatic heterocycles. The number of rotatable bonds is 8. The van der Waals surface area contributed by atoms with Crippen molar-refractivity contribution >= 4 is 63.5 Å². The maximum Gasteiger partial charge on any atom is 0.341 e. The van der Waals surface area contributed by atoms with Gasteiger partial charge in [-0.3, -0.25) is 9.59 Å². The lowest BCUT2D eigenvalue weighted by Gasteiger charge is -2.12. The van der Waals surface area contributed by atoms with Crippen molar-refractivity contribution in [3.63, 3.8) is 0 Å². The Kier molecular flexibility index (Phi) is 9.45. The first-order valence-electron chi connectivity index (χ1n) is 11.9. The Morgan fingerprint density at radius 1 is 1.03 bits per heavy atom. The van der Waals surface area contributed by atoms with E-state index in [9.17, 15) is 14.4 Å². The summed E-state index contributed by atoms with van der Waals surface area (Å²) in [7, 11) is 2.78. The minimum Gasteiger partial charge on any atom is -0.493 e. The molecule has 1 aliphatic carbocycles. The number of hydrogen-bond donors (Lipinski definition) is 2. The van der Waals surface area contributed by atoms with Gasteiger partial charge in [0.2, 0.25) is 0 Å². The van der Waals surface area contributed by atoms with Crippen LogP contribution < -0.4 is 20.2 Å². The highest BCUT2D eigenvalue weighted by atomic mass is 35.5. The molecule has 0 unspecified atom stereocenters. The highest BCUT2D eigenvalue weighted by Crippen LogP contribution is 2.38. The minimum absolute atomic E-state index is 0.204. The smallest absolute Gasteiger partial charge is 0.341 e. The first-order valence-corrected chi connectivity index (χ1v) is 13.5.